The number of aromatic nitrogens is 1. The second-order valence-electron chi connectivity index (χ2n) is 4.03. The Labute approximate surface area is 93.3 Å². The molecular formula is C11H15F2N3. The summed E-state index contributed by atoms with van der Waals surface area (Å²) in [5.41, 5.74) is 5.50. The lowest BCUT2D eigenvalue weighted by atomic mass is 9.91. The lowest BCUT2D eigenvalue weighted by molar-refractivity contribution is 0.381. The molecule has 1 heterocycles. The SMILES string of the molecule is NCCN(c1ncc(F)cc1F)C1CCC1. The van der Waals surface area contributed by atoms with Gasteiger partial charge in [0.05, 0.1) is 6.20 Å². The van der Waals surface area contributed by atoms with Crippen LogP contribution in [0, 0.1) is 11.6 Å². The van der Waals surface area contributed by atoms with Crippen LogP contribution < -0.4 is 10.6 Å². The first-order valence-corrected chi connectivity index (χ1v) is 5.50. The van der Waals surface area contributed by atoms with E-state index in [2.05, 4.69) is 4.98 Å². The van der Waals surface area contributed by atoms with Crippen molar-refractivity contribution >= 4 is 5.82 Å². The molecule has 0 aliphatic heterocycles. The van der Waals surface area contributed by atoms with Gasteiger partial charge in [-0.25, -0.2) is 13.8 Å². The highest BCUT2D eigenvalue weighted by Gasteiger charge is 2.27. The Kier molecular flexibility index (Phi) is 3.33. The van der Waals surface area contributed by atoms with Gasteiger partial charge in [-0.3, -0.25) is 0 Å². The van der Waals surface area contributed by atoms with Crippen LogP contribution in [-0.4, -0.2) is 24.1 Å². The summed E-state index contributed by atoms with van der Waals surface area (Å²) in [6.07, 6.45) is 4.24. The van der Waals surface area contributed by atoms with Crippen molar-refractivity contribution in [3.63, 3.8) is 0 Å². The molecule has 3 nitrogen and oxygen atoms in total. The predicted molar refractivity (Wildman–Crippen MR) is 58.2 cm³/mol. The highest BCUT2D eigenvalue weighted by molar-refractivity contribution is 5.41. The maximum Gasteiger partial charge on any atom is 0.168 e. The van der Waals surface area contributed by atoms with Crippen LogP contribution >= 0.6 is 0 Å². The number of anilines is 1. The van der Waals surface area contributed by atoms with Gasteiger partial charge in [0.1, 0.15) is 5.82 Å². The van der Waals surface area contributed by atoms with Gasteiger partial charge in [-0.1, -0.05) is 0 Å². The molecule has 5 heteroatoms. The summed E-state index contributed by atoms with van der Waals surface area (Å²) in [5.74, 6) is -1.04. The molecule has 1 saturated carbocycles. The highest BCUT2D eigenvalue weighted by Crippen LogP contribution is 2.29. The molecule has 1 aliphatic carbocycles. The second kappa shape index (κ2) is 4.74. The first-order valence-electron chi connectivity index (χ1n) is 5.50. The Morgan fingerprint density at radius 3 is 2.69 bits per heavy atom. The van der Waals surface area contributed by atoms with E-state index in [-0.39, 0.29) is 5.82 Å². The van der Waals surface area contributed by atoms with Gasteiger partial charge in [0.25, 0.3) is 0 Å². The van der Waals surface area contributed by atoms with Gasteiger partial charge in [-0.15, -0.1) is 0 Å². The van der Waals surface area contributed by atoms with Crippen molar-refractivity contribution in [2.45, 2.75) is 25.3 Å². The minimum absolute atomic E-state index is 0.219. The van der Waals surface area contributed by atoms with Crippen molar-refractivity contribution in [1.29, 1.82) is 0 Å². The number of hydrogen-bond acceptors (Lipinski definition) is 3. The van der Waals surface area contributed by atoms with Crippen molar-refractivity contribution < 1.29 is 8.78 Å². The fourth-order valence-electron chi connectivity index (χ4n) is 1.92. The van der Waals surface area contributed by atoms with E-state index >= 15 is 0 Å². The van der Waals surface area contributed by atoms with Gasteiger partial charge >= 0.3 is 0 Å². The minimum Gasteiger partial charge on any atom is -0.350 e. The molecule has 16 heavy (non-hydrogen) atoms. The Balaban J connectivity index is 2.23. The zero-order valence-corrected chi connectivity index (χ0v) is 9.00. The molecule has 1 aromatic rings. The van der Waals surface area contributed by atoms with Gasteiger partial charge in [0, 0.05) is 25.2 Å². The summed E-state index contributed by atoms with van der Waals surface area (Å²) in [7, 11) is 0. The number of pyridine rings is 1. The van der Waals surface area contributed by atoms with Crippen LogP contribution in [0.15, 0.2) is 12.3 Å². The molecule has 0 unspecified atom stereocenters. The molecule has 1 aliphatic rings. The molecule has 1 fully saturated rings. The van der Waals surface area contributed by atoms with Crippen LogP contribution in [0.1, 0.15) is 19.3 Å². The molecule has 0 saturated heterocycles. The van der Waals surface area contributed by atoms with Crippen LogP contribution in [0.5, 0.6) is 0 Å². The van der Waals surface area contributed by atoms with Crippen LogP contribution in [0.4, 0.5) is 14.6 Å². The Hall–Kier alpha value is -1.23. The fraction of sp³-hybridized carbons (Fsp3) is 0.545. The Morgan fingerprint density at radius 2 is 2.19 bits per heavy atom. The molecule has 0 spiro atoms. The molecule has 0 aromatic carbocycles. The second-order valence-corrected chi connectivity index (χ2v) is 4.03. The van der Waals surface area contributed by atoms with E-state index in [1.807, 2.05) is 4.90 Å². The highest BCUT2D eigenvalue weighted by atomic mass is 19.1. The van der Waals surface area contributed by atoms with E-state index in [9.17, 15) is 8.78 Å². The number of hydrogen-bond donors (Lipinski definition) is 1. The number of nitrogens with zero attached hydrogens (tertiary/aromatic N) is 2. The maximum atomic E-state index is 13.6. The lowest BCUT2D eigenvalue weighted by Gasteiger charge is -2.38. The van der Waals surface area contributed by atoms with E-state index < -0.39 is 11.6 Å². The zero-order valence-electron chi connectivity index (χ0n) is 9.00. The number of halogens is 2. The average molecular weight is 227 g/mol. The molecule has 2 N–H and O–H groups in total. The largest absolute Gasteiger partial charge is 0.350 e. The maximum absolute atomic E-state index is 13.6. The van der Waals surface area contributed by atoms with Gasteiger partial charge in [-0.2, -0.15) is 0 Å². The number of nitrogens with two attached hydrogens (primary N) is 1. The van der Waals surface area contributed by atoms with Crippen molar-refractivity contribution in [2.75, 3.05) is 18.0 Å². The standard InChI is InChI=1S/C11H15F2N3/c12-8-6-10(13)11(15-7-8)16(5-4-14)9-2-1-3-9/h6-7,9H,1-5,14H2. The van der Waals surface area contributed by atoms with Crippen LogP contribution in [0.3, 0.4) is 0 Å². The third-order valence-electron chi connectivity index (χ3n) is 2.95. The van der Waals surface area contributed by atoms with E-state index in [4.69, 9.17) is 5.73 Å². The molecule has 0 radical (unpaired) electrons. The summed E-state index contributed by atoms with van der Waals surface area (Å²) < 4.78 is 26.3. The van der Waals surface area contributed by atoms with Gasteiger partial charge in [-0.05, 0) is 19.3 Å². The van der Waals surface area contributed by atoms with Crippen LogP contribution in [-0.2, 0) is 0 Å². The van der Waals surface area contributed by atoms with Crippen molar-refractivity contribution in [3.8, 4) is 0 Å². The third kappa shape index (κ3) is 2.14. The van der Waals surface area contributed by atoms with Gasteiger partial charge < -0.3 is 10.6 Å². The molecule has 0 atom stereocenters. The van der Waals surface area contributed by atoms with E-state index in [1.165, 1.54) is 0 Å². The van der Waals surface area contributed by atoms with E-state index in [1.54, 1.807) is 0 Å². The summed E-state index contributed by atoms with van der Waals surface area (Å²) in [4.78, 5) is 5.67. The average Bonchev–Trinajstić information content (AvgIpc) is 2.14. The van der Waals surface area contributed by atoms with Crippen molar-refractivity contribution in [2.24, 2.45) is 5.73 Å². The summed E-state index contributed by atoms with van der Waals surface area (Å²) in [6.45, 7) is 0.995. The van der Waals surface area contributed by atoms with Crippen molar-refractivity contribution in [3.05, 3.63) is 23.9 Å². The summed E-state index contributed by atoms with van der Waals surface area (Å²) in [5, 5.41) is 0. The number of rotatable bonds is 4. The Bertz CT molecular complexity index is 366. The molecule has 0 amide bonds. The molecule has 2 rings (SSSR count). The smallest absolute Gasteiger partial charge is 0.168 e. The first-order chi connectivity index (χ1) is 7.72. The molecule has 0 bridgehead atoms. The van der Waals surface area contributed by atoms with Crippen LogP contribution in [0.2, 0.25) is 0 Å². The first kappa shape index (κ1) is 11.3. The van der Waals surface area contributed by atoms with E-state index in [0.29, 0.717) is 19.1 Å². The third-order valence-corrected chi connectivity index (χ3v) is 2.95. The van der Waals surface area contributed by atoms with Crippen molar-refractivity contribution in [1.82, 2.24) is 4.98 Å². The monoisotopic (exact) mass is 227 g/mol. The minimum atomic E-state index is -0.650. The van der Waals surface area contributed by atoms with Gasteiger partial charge in [0.2, 0.25) is 0 Å². The summed E-state index contributed by atoms with van der Waals surface area (Å²) >= 11 is 0. The predicted octanol–water partition coefficient (Wildman–Crippen LogP) is 1.68. The summed E-state index contributed by atoms with van der Waals surface area (Å²) in [6, 6.07) is 1.17. The van der Waals surface area contributed by atoms with E-state index in [0.717, 1.165) is 31.5 Å². The zero-order chi connectivity index (χ0) is 11.5. The Morgan fingerprint density at radius 1 is 1.44 bits per heavy atom. The molecule has 1 aromatic heterocycles. The lowest BCUT2D eigenvalue weighted by Crippen LogP contribution is -2.44. The van der Waals surface area contributed by atoms with Crippen LogP contribution in [0.25, 0.3) is 0 Å². The molecular weight excluding hydrogens is 212 g/mol. The quantitative estimate of drug-likeness (QED) is 0.851. The fourth-order valence-corrected chi connectivity index (χ4v) is 1.92. The normalized spacial score (nSPS) is 15.9. The molecule has 88 valence electrons. The van der Waals surface area contributed by atoms with Gasteiger partial charge in [0.15, 0.2) is 11.6 Å². The topological polar surface area (TPSA) is 42.1 Å².